The van der Waals surface area contributed by atoms with Gasteiger partial charge in [0, 0.05) is 6.42 Å². The minimum Gasteiger partial charge on any atom is -0.469 e. The Bertz CT molecular complexity index is 489. The molecule has 1 heterocycles. The fraction of sp³-hybridized carbons (Fsp3) is 0.357. The van der Waals surface area contributed by atoms with E-state index < -0.39 is 11.3 Å². The summed E-state index contributed by atoms with van der Waals surface area (Å²) in [7, 11) is 0. The van der Waals surface area contributed by atoms with Crippen molar-refractivity contribution in [1.82, 2.24) is 0 Å². The smallest absolute Gasteiger partial charge is 0.157 e. The first-order valence-corrected chi connectivity index (χ1v) is 5.56. The van der Waals surface area contributed by atoms with Gasteiger partial charge in [-0.2, -0.15) is 10.5 Å². The molecule has 0 aromatic carbocycles. The van der Waals surface area contributed by atoms with Crippen LogP contribution in [0.2, 0.25) is 0 Å². The summed E-state index contributed by atoms with van der Waals surface area (Å²) in [6.45, 7) is 5.00. The largest absolute Gasteiger partial charge is 0.469 e. The number of rotatable bonds is 6. The molecule has 92 valence electrons. The predicted octanol–water partition coefficient (Wildman–Crippen LogP) is 2.95. The van der Waals surface area contributed by atoms with Crippen molar-refractivity contribution in [2.45, 2.75) is 25.7 Å². The highest BCUT2D eigenvalue weighted by molar-refractivity contribution is 5.76. The lowest BCUT2D eigenvalue weighted by atomic mass is 9.72. The van der Waals surface area contributed by atoms with Crippen molar-refractivity contribution in [2.75, 3.05) is 0 Å². The quantitative estimate of drug-likeness (QED) is 0.718. The molecule has 0 bridgehead atoms. The molecule has 18 heavy (non-hydrogen) atoms. The third kappa shape index (κ3) is 2.67. The third-order valence-corrected chi connectivity index (χ3v) is 2.84. The fourth-order valence-corrected chi connectivity index (χ4v) is 1.94. The van der Waals surface area contributed by atoms with E-state index in [1.165, 1.54) is 19.3 Å². The van der Waals surface area contributed by atoms with Gasteiger partial charge >= 0.3 is 0 Å². The van der Waals surface area contributed by atoms with Gasteiger partial charge in [0.2, 0.25) is 0 Å². The third-order valence-electron chi connectivity index (χ3n) is 2.84. The molecule has 1 atom stereocenters. The highest BCUT2D eigenvalue weighted by atomic mass is 16.3. The van der Waals surface area contributed by atoms with Crippen LogP contribution >= 0.6 is 0 Å². The number of hydrogen-bond acceptors (Lipinski definition) is 4. The molecule has 0 amide bonds. The van der Waals surface area contributed by atoms with Gasteiger partial charge in [-0.1, -0.05) is 6.08 Å². The van der Waals surface area contributed by atoms with E-state index in [9.17, 15) is 15.3 Å². The molecule has 0 aliphatic heterocycles. The molecular weight excluding hydrogens is 228 g/mol. The molecule has 0 fully saturated rings. The van der Waals surface area contributed by atoms with Gasteiger partial charge in [-0.25, -0.2) is 0 Å². The van der Waals surface area contributed by atoms with Crippen LogP contribution in [0.3, 0.4) is 0 Å². The fourth-order valence-electron chi connectivity index (χ4n) is 1.94. The molecule has 0 aliphatic carbocycles. The van der Waals surface area contributed by atoms with E-state index in [4.69, 9.17) is 4.42 Å². The second-order valence-corrected chi connectivity index (χ2v) is 4.16. The molecule has 0 aliphatic rings. The van der Waals surface area contributed by atoms with E-state index in [1.807, 2.05) is 12.1 Å². The second-order valence-electron chi connectivity index (χ2n) is 4.16. The molecule has 1 unspecified atom stereocenters. The number of carbonyl (C=O) groups excluding carboxylic acids is 1. The molecule has 1 aromatic rings. The molecule has 0 saturated heterocycles. The van der Waals surface area contributed by atoms with Gasteiger partial charge in [-0.15, -0.1) is 6.58 Å². The summed E-state index contributed by atoms with van der Waals surface area (Å²) in [5.41, 5.74) is -1.31. The standard InChI is InChI=1S/C14H14N2O2/c1-3-6-14(9-15,10-16)12(8-11(2)17)13-5-4-7-18-13/h3-5,7,12H,1,6,8H2,2H3. The second kappa shape index (κ2) is 5.84. The summed E-state index contributed by atoms with van der Waals surface area (Å²) < 4.78 is 5.26. The average molecular weight is 242 g/mol. The van der Waals surface area contributed by atoms with Gasteiger partial charge in [0.25, 0.3) is 0 Å². The lowest BCUT2D eigenvalue weighted by Gasteiger charge is -2.25. The van der Waals surface area contributed by atoms with Crippen molar-refractivity contribution < 1.29 is 9.21 Å². The van der Waals surface area contributed by atoms with Crippen LogP contribution in [-0.4, -0.2) is 5.78 Å². The topological polar surface area (TPSA) is 77.8 Å². The number of ketones is 1. The molecule has 4 nitrogen and oxygen atoms in total. The maximum atomic E-state index is 11.3. The summed E-state index contributed by atoms with van der Waals surface area (Å²) in [5.74, 6) is -0.177. The average Bonchev–Trinajstić information content (AvgIpc) is 2.87. The highest BCUT2D eigenvalue weighted by Crippen LogP contribution is 2.41. The Labute approximate surface area is 106 Å². The predicted molar refractivity (Wildman–Crippen MR) is 65.2 cm³/mol. The Morgan fingerprint density at radius 2 is 2.28 bits per heavy atom. The zero-order valence-corrected chi connectivity index (χ0v) is 10.2. The first-order valence-electron chi connectivity index (χ1n) is 5.56. The van der Waals surface area contributed by atoms with Crippen molar-refractivity contribution >= 4 is 5.78 Å². The van der Waals surface area contributed by atoms with Crippen molar-refractivity contribution in [1.29, 1.82) is 10.5 Å². The van der Waals surface area contributed by atoms with E-state index >= 15 is 0 Å². The lowest BCUT2D eigenvalue weighted by Crippen LogP contribution is -2.27. The first-order chi connectivity index (χ1) is 8.59. The number of allylic oxidation sites excluding steroid dienone is 1. The Morgan fingerprint density at radius 3 is 2.67 bits per heavy atom. The summed E-state index contributed by atoms with van der Waals surface area (Å²) in [6.07, 6.45) is 3.28. The molecule has 0 N–H and O–H groups in total. The SMILES string of the molecule is C=CCC(C#N)(C#N)C(CC(C)=O)c1ccco1. The molecule has 0 radical (unpaired) electrons. The van der Waals surface area contributed by atoms with Crippen LogP contribution in [0.5, 0.6) is 0 Å². The summed E-state index contributed by atoms with van der Waals surface area (Å²) in [5, 5.41) is 18.6. The maximum absolute atomic E-state index is 11.3. The van der Waals surface area contributed by atoms with E-state index in [1.54, 1.807) is 12.1 Å². The monoisotopic (exact) mass is 242 g/mol. The van der Waals surface area contributed by atoms with Crippen LogP contribution in [0, 0.1) is 28.1 Å². The minimum atomic E-state index is -1.31. The molecule has 0 spiro atoms. The van der Waals surface area contributed by atoms with Gasteiger partial charge in [-0.3, -0.25) is 0 Å². The van der Waals surface area contributed by atoms with Crippen LogP contribution in [0.1, 0.15) is 31.4 Å². The molecule has 1 rings (SSSR count). The van der Waals surface area contributed by atoms with Crippen molar-refractivity contribution in [2.24, 2.45) is 5.41 Å². The van der Waals surface area contributed by atoms with Crippen LogP contribution in [0.25, 0.3) is 0 Å². The van der Waals surface area contributed by atoms with Gasteiger partial charge in [0.15, 0.2) is 5.41 Å². The number of Topliss-reactive ketones (excluding diaryl/α,β-unsaturated/α-hetero) is 1. The van der Waals surface area contributed by atoms with Gasteiger partial charge in [0.1, 0.15) is 11.5 Å². The van der Waals surface area contributed by atoms with E-state index in [0.717, 1.165) is 0 Å². The van der Waals surface area contributed by atoms with E-state index in [-0.39, 0.29) is 18.6 Å². The van der Waals surface area contributed by atoms with Crippen LogP contribution < -0.4 is 0 Å². The zero-order valence-electron chi connectivity index (χ0n) is 10.2. The van der Waals surface area contributed by atoms with Crippen LogP contribution in [0.4, 0.5) is 0 Å². The Morgan fingerprint density at radius 1 is 1.61 bits per heavy atom. The number of nitrogens with zero attached hydrogens (tertiary/aromatic N) is 2. The molecule has 1 aromatic heterocycles. The summed E-state index contributed by atoms with van der Waals surface area (Å²) in [4.78, 5) is 11.3. The number of hydrogen-bond donors (Lipinski definition) is 0. The summed E-state index contributed by atoms with van der Waals surface area (Å²) >= 11 is 0. The number of carbonyl (C=O) groups is 1. The van der Waals surface area contributed by atoms with Gasteiger partial charge in [-0.05, 0) is 25.5 Å². The summed E-state index contributed by atoms with van der Waals surface area (Å²) in [6, 6.07) is 7.39. The Hall–Kier alpha value is -2.33. The maximum Gasteiger partial charge on any atom is 0.157 e. The molecular formula is C14H14N2O2. The van der Waals surface area contributed by atoms with E-state index in [2.05, 4.69) is 6.58 Å². The van der Waals surface area contributed by atoms with Gasteiger partial charge < -0.3 is 9.21 Å². The van der Waals surface area contributed by atoms with E-state index in [0.29, 0.717) is 5.76 Å². The minimum absolute atomic E-state index is 0.0877. The number of furan rings is 1. The lowest BCUT2D eigenvalue weighted by molar-refractivity contribution is -0.117. The highest BCUT2D eigenvalue weighted by Gasteiger charge is 2.41. The Balaban J connectivity index is 3.24. The molecule has 4 heteroatoms. The van der Waals surface area contributed by atoms with Crippen molar-refractivity contribution in [3.05, 3.63) is 36.8 Å². The van der Waals surface area contributed by atoms with Crippen LogP contribution in [-0.2, 0) is 4.79 Å². The number of nitriles is 2. The van der Waals surface area contributed by atoms with Crippen molar-refractivity contribution in [3.63, 3.8) is 0 Å². The first kappa shape index (κ1) is 13.7. The normalized spacial score (nSPS) is 12.2. The molecule has 0 saturated carbocycles. The Kier molecular flexibility index (Phi) is 4.45. The zero-order chi connectivity index (χ0) is 13.6. The van der Waals surface area contributed by atoms with Gasteiger partial charge in [0.05, 0.1) is 24.3 Å². The van der Waals surface area contributed by atoms with Crippen LogP contribution in [0.15, 0.2) is 35.5 Å². The van der Waals surface area contributed by atoms with Crippen molar-refractivity contribution in [3.8, 4) is 12.1 Å².